The van der Waals surface area contributed by atoms with Crippen LogP contribution in [0.2, 0.25) is 0 Å². The fourth-order valence-corrected chi connectivity index (χ4v) is 3.05. The average molecular weight is 333 g/mol. The highest BCUT2D eigenvalue weighted by molar-refractivity contribution is 6.09. The van der Waals surface area contributed by atoms with E-state index in [1.54, 1.807) is 18.5 Å². The Kier molecular flexibility index (Phi) is 3.69. The SMILES string of the molecule is CC(NC(=O)c1cc2[nH]c3cnccc3c2cc1F)c1ccccc1. The number of hydrogen-bond acceptors (Lipinski definition) is 2. The van der Waals surface area contributed by atoms with Crippen molar-refractivity contribution in [1.82, 2.24) is 15.3 Å². The van der Waals surface area contributed by atoms with Crippen molar-refractivity contribution in [3.05, 3.63) is 77.9 Å². The van der Waals surface area contributed by atoms with Gasteiger partial charge in [-0.2, -0.15) is 0 Å². The molecular formula is C20H16FN3O. The molecule has 0 aliphatic carbocycles. The maximum Gasteiger partial charge on any atom is 0.254 e. The summed E-state index contributed by atoms with van der Waals surface area (Å²) < 4.78 is 14.5. The van der Waals surface area contributed by atoms with Gasteiger partial charge in [-0.15, -0.1) is 0 Å². The lowest BCUT2D eigenvalue weighted by atomic mass is 10.1. The molecule has 2 aromatic heterocycles. The van der Waals surface area contributed by atoms with E-state index in [0.29, 0.717) is 5.52 Å². The van der Waals surface area contributed by atoms with E-state index in [4.69, 9.17) is 0 Å². The number of rotatable bonds is 3. The van der Waals surface area contributed by atoms with Crippen LogP contribution in [0.15, 0.2) is 60.9 Å². The predicted molar refractivity (Wildman–Crippen MR) is 95.9 cm³/mol. The minimum Gasteiger partial charge on any atom is -0.353 e. The highest BCUT2D eigenvalue weighted by Crippen LogP contribution is 2.27. The largest absolute Gasteiger partial charge is 0.353 e. The third-order valence-electron chi connectivity index (χ3n) is 4.38. The molecule has 2 N–H and O–H groups in total. The number of aromatic amines is 1. The lowest BCUT2D eigenvalue weighted by molar-refractivity contribution is 0.0936. The molecule has 1 unspecified atom stereocenters. The Balaban J connectivity index is 1.69. The van der Waals surface area contributed by atoms with Crippen LogP contribution in [-0.4, -0.2) is 15.9 Å². The number of carbonyl (C=O) groups excluding carboxylic acids is 1. The first kappa shape index (κ1) is 15.3. The Morgan fingerprint density at radius 2 is 1.92 bits per heavy atom. The van der Waals surface area contributed by atoms with Gasteiger partial charge in [-0.25, -0.2) is 4.39 Å². The van der Waals surface area contributed by atoms with Crippen molar-refractivity contribution in [3.63, 3.8) is 0 Å². The van der Waals surface area contributed by atoms with E-state index >= 15 is 0 Å². The Labute approximate surface area is 143 Å². The van der Waals surface area contributed by atoms with Crippen LogP contribution in [0.25, 0.3) is 21.8 Å². The van der Waals surface area contributed by atoms with Gasteiger partial charge in [0.1, 0.15) is 5.82 Å². The van der Waals surface area contributed by atoms with Crippen LogP contribution in [0.4, 0.5) is 4.39 Å². The van der Waals surface area contributed by atoms with Crippen molar-refractivity contribution in [2.75, 3.05) is 0 Å². The fourth-order valence-electron chi connectivity index (χ4n) is 3.05. The summed E-state index contributed by atoms with van der Waals surface area (Å²) >= 11 is 0. The molecule has 2 aromatic carbocycles. The second-order valence-electron chi connectivity index (χ2n) is 6.03. The van der Waals surface area contributed by atoms with Crippen LogP contribution in [0.5, 0.6) is 0 Å². The van der Waals surface area contributed by atoms with Crippen molar-refractivity contribution < 1.29 is 9.18 Å². The summed E-state index contributed by atoms with van der Waals surface area (Å²) in [6, 6.07) is 14.1. The average Bonchev–Trinajstić information content (AvgIpc) is 2.99. The van der Waals surface area contributed by atoms with Crippen molar-refractivity contribution >= 4 is 27.7 Å². The van der Waals surface area contributed by atoms with Gasteiger partial charge in [-0.05, 0) is 30.7 Å². The fraction of sp³-hybridized carbons (Fsp3) is 0.100. The molecule has 2 heterocycles. The zero-order valence-corrected chi connectivity index (χ0v) is 13.6. The van der Waals surface area contributed by atoms with Crippen LogP contribution < -0.4 is 5.32 Å². The lowest BCUT2D eigenvalue weighted by Crippen LogP contribution is -2.27. The molecule has 4 nitrogen and oxygen atoms in total. The van der Waals surface area contributed by atoms with Crippen molar-refractivity contribution in [3.8, 4) is 0 Å². The zero-order valence-electron chi connectivity index (χ0n) is 13.6. The summed E-state index contributed by atoms with van der Waals surface area (Å²) in [7, 11) is 0. The molecule has 1 atom stereocenters. The summed E-state index contributed by atoms with van der Waals surface area (Å²) in [5.41, 5.74) is 2.51. The Bertz CT molecular complexity index is 1070. The van der Waals surface area contributed by atoms with Gasteiger partial charge in [-0.1, -0.05) is 30.3 Å². The molecule has 0 aliphatic heterocycles. The number of carbonyl (C=O) groups is 1. The number of nitrogens with one attached hydrogen (secondary N) is 2. The summed E-state index contributed by atoms with van der Waals surface area (Å²) in [5, 5.41) is 4.47. The van der Waals surface area contributed by atoms with Gasteiger partial charge in [0, 0.05) is 22.5 Å². The number of halogens is 1. The van der Waals surface area contributed by atoms with E-state index in [1.165, 1.54) is 6.07 Å². The quantitative estimate of drug-likeness (QED) is 0.586. The van der Waals surface area contributed by atoms with Gasteiger partial charge in [0.05, 0.1) is 23.3 Å². The third kappa shape index (κ3) is 2.74. The number of hydrogen-bond donors (Lipinski definition) is 2. The summed E-state index contributed by atoms with van der Waals surface area (Å²) in [5.74, 6) is -0.976. The molecule has 25 heavy (non-hydrogen) atoms. The monoisotopic (exact) mass is 333 g/mol. The molecule has 124 valence electrons. The Morgan fingerprint density at radius 1 is 1.12 bits per heavy atom. The maximum atomic E-state index is 14.5. The molecule has 0 fully saturated rings. The Hall–Kier alpha value is -3.21. The molecule has 0 spiro atoms. The number of pyridine rings is 1. The predicted octanol–water partition coefficient (Wildman–Crippen LogP) is 4.35. The molecule has 5 heteroatoms. The summed E-state index contributed by atoms with van der Waals surface area (Å²) in [6.45, 7) is 1.87. The Morgan fingerprint density at radius 3 is 2.72 bits per heavy atom. The van der Waals surface area contributed by atoms with E-state index in [2.05, 4.69) is 15.3 Å². The van der Waals surface area contributed by atoms with Crippen molar-refractivity contribution in [1.29, 1.82) is 0 Å². The van der Waals surface area contributed by atoms with Gasteiger partial charge < -0.3 is 10.3 Å². The van der Waals surface area contributed by atoms with Gasteiger partial charge in [0.25, 0.3) is 5.91 Å². The standard InChI is InChI=1S/C20H16FN3O/c1-12(13-5-3-2-4-6-13)23-20(25)16-10-18-15(9-17(16)21)14-7-8-22-11-19(14)24-18/h2-12,24H,1H3,(H,23,25). The minimum absolute atomic E-state index is 0.0230. The first-order chi connectivity index (χ1) is 12.1. The number of amides is 1. The molecule has 0 aliphatic rings. The molecule has 0 saturated carbocycles. The summed E-state index contributed by atoms with van der Waals surface area (Å²) in [4.78, 5) is 19.8. The van der Waals surface area contributed by atoms with Gasteiger partial charge in [0.2, 0.25) is 0 Å². The van der Waals surface area contributed by atoms with E-state index in [1.807, 2.05) is 43.3 Å². The minimum atomic E-state index is -0.539. The second-order valence-corrected chi connectivity index (χ2v) is 6.03. The van der Waals surface area contributed by atoms with E-state index < -0.39 is 11.7 Å². The van der Waals surface area contributed by atoms with Crippen molar-refractivity contribution in [2.45, 2.75) is 13.0 Å². The smallest absolute Gasteiger partial charge is 0.254 e. The second kappa shape index (κ2) is 6.02. The third-order valence-corrected chi connectivity index (χ3v) is 4.38. The number of aromatic nitrogens is 2. The van der Waals surface area contributed by atoms with Crippen LogP contribution >= 0.6 is 0 Å². The van der Waals surface area contributed by atoms with Gasteiger partial charge in [-0.3, -0.25) is 9.78 Å². The highest BCUT2D eigenvalue weighted by Gasteiger charge is 2.17. The van der Waals surface area contributed by atoms with Crippen LogP contribution in [0, 0.1) is 5.82 Å². The normalized spacial score (nSPS) is 12.4. The number of benzene rings is 2. The molecular weight excluding hydrogens is 317 g/mol. The zero-order chi connectivity index (χ0) is 17.4. The maximum absolute atomic E-state index is 14.5. The molecule has 4 rings (SSSR count). The van der Waals surface area contributed by atoms with E-state index in [0.717, 1.165) is 21.9 Å². The molecule has 0 saturated heterocycles. The first-order valence-corrected chi connectivity index (χ1v) is 8.04. The van der Waals surface area contributed by atoms with Crippen LogP contribution in [-0.2, 0) is 0 Å². The van der Waals surface area contributed by atoms with E-state index in [-0.39, 0.29) is 11.6 Å². The van der Waals surface area contributed by atoms with Gasteiger partial charge in [0.15, 0.2) is 0 Å². The summed E-state index contributed by atoms with van der Waals surface area (Å²) in [6.07, 6.45) is 3.35. The number of fused-ring (bicyclic) bond motifs is 3. The number of nitrogens with zero attached hydrogens (tertiary/aromatic N) is 1. The van der Waals surface area contributed by atoms with Crippen LogP contribution in [0.1, 0.15) is 28.9 Å². The molecule has 4 aromatic rings. The molecule has 0 bridgehead atoms. The topological polar surface area (TPSA) is 57.8 Å². The van der Waals surface area contributed by atoms with Gasteiger partial charge >= 0.3 is 0 Å². The highest BCUT2D eigenvalue weighted by atomic mass is 19.1. The van der Waals surface area contributed by atoms with Crippen LogP contribution in [0.3, 0.4) is 0 Å². The first-order valence-electron chi connectivity index (χ1n) is 8.04. The molecule has 1 amide bonds. The lowest BCUT2D eigenvalue weighted by Gasteiger charge is -2.14. The molecule has 0 radical (unpaired) electrons. The van der Waals surface area contributed by atoms with E-state index in [9.17, 15) is 9.18 Å². The van der Waals surface area contributed by atoms with Crippen molar-refractivity contribution in [2.24, 2.45) is 0 Å². The number of H-pyrrole nitrogens is 1.